The Balaban J connectivity index is 1.72. The number of amides is 1. The lowest BCUT2D eigenvalue weighted by molar-refractivity contribution is -0.117. The molecule has 0 aliphatic heterocycles. The van der Waals surface area contributed by atoms with Crippen molar-refractivity contribution in [3.8, 4) is 16.9 Å². The van der Waals surface area contributed by atoms with Crippen molar-refractivity contribution in [3.63, 3.8) is 0 Å². The van der Waals surface area contributed by atoms with Crippen LogP contribution < -0.4 is 15.8 Å². The Morgan fingerprint density at radius 3 is 2.85 bits per heavy atom. The van der Waals surface area contributed by atoms with Crippen LogP contribution in [0.2, 0.25) is 5.02 Å². The zero-order valence-electron chi connectivity index (χ0n) is 14.2. The topological polar surface area (TPSA) is 93.0 Å². The molecule has 6 nitrogen and oxygen atoms in total. The van der Waals surface area contributed by atoms with Crippen LogP contribution >= 0.6 is 11.6 Å². The monoisotopic (exact) mass is 370 g/mol. The largest absolute Gasteiger partial charge is 0.496 e. The number of rotatable bonds is 6. The summed E-state index contributed by atoms with van der Waals surface area (Å²) in [5.41, 5.74) is 9.25. The molecular formula is C19H19ClN4O2. The zero-order valence-corrected chi connectivity index (χ0v) is 15.0. The molecule has 0 aliphatic carbocycles. The van der Waals surface area contributed by atoms with Crippen LogP contribution in [0.3, 0.4) is 0 Å². The van der Waals surface area contributed by atoms with E-state index in [0.29, 0.717) is 22.9 Å². The number of aromatic amines is 1. The molecule has 0 spiro atoms. The van der Waals surface area contributed by atoms with Gasteiger partial charge in [0.05, 0.1) is 19.3 Å². The molecule has 0 radical (unpaired) electrons. The van der Waals surface area contributed by atoms with Crippen LogP contribution in [0.15, 0.2) is 54.9 Å². The van der Waals surface area contributed by atoms with Crippen molar-refractivity contribution in [1.29, 1.82) is 0 Å². The van der Waals surface area contributed by atoms with E-state index in [1.165, 1.54) is 0 Å². The Hall–Kier alpha value is -2.83. The number of ether oxygens (including phenoxy) is 1. The van der Waals surface area contributed by atoms with E-state index in [1.54, 1.807) is 37.7 Å². The fourth-order valence-electron chi connectivity index (χ4n) is 2.63. The van der Waals surface area contributed by atoms with E-state index in [0.717, 1.165) is 16.7 Å². The predicted molar refractivity (Wildman–Crippen MR) is 102 cm³/mol. The first-order chi connectivity index (χ1) is 12.6. The van der Waals surface area contributed by atoms with Gasteiger partial charge in [-0.15, -0.1) is 0 Å². The smallest absolute Gasteiger partial charge is 0.241 e. The molecule has 26 heavy (non-hydrogen) atoms. The van der Waals surface area contributed by atoms with Crippen molar-refractivity contribution in [2.45, 2.75) is 12.5 Å². The van der Waals surface area contributed by atoms with Gasteiger partial charge in [-0.3, -0.25) is 9.89 Å². The molecule has 0 saturated carbocycles. The average molecular weight is 371 g/mol. The van der Waals surface area contributed by atoms with Crippen molar-refractivity contribution < 1.29 is 9.53 Å². The Morgan fingerprint density at radius 1 is 1.35 bits per heavy atom. The van der Waals surface area contributed by atoms with E-state index in [2.05, 4.69) is 15.5 Å². The number of hydrogen-bond donors (Lipinski definition) is 3. The Kier molecular flexibility index (Phi) is 5.55. The van der Waals surface area contributed by atoms with Gasteiger partial charge in [0, 0.05) is 34.1 Å². The second-order valence-corrected chi connectivity index (χ2v) is 6.20. The van der Waals surface area contributed by atoms with Crippen LogP contribution in [0.4, 0.5) is 5.69 Å². The summed E-state index contributed by atoms with van der Waals surface area (Å²) in [7, 11) is 1.58. The molecule has 0 bridgehead atoms. The van der Waals surface area contributed by atoms with Crippen LogP contribution in [0.5, 0.6) is 5.75 Å². The first kappa shape index (κ1) is 18.0. The molecule has 134 valence electrons. The summed E-state index contributed by atoms with van der Waals surface area (Å²) in [6.07, 6.45) is 3.83. The molecule has 0 fully saturated rings. The highest BCUT2D eigenvalue weighted by Crippen LogP contribution is 2.31. The molecule has 4 N–H and O–H groups in total. The standard InChI is InChI=1S/C19H19ClN4O2/c1-26-18-9-14(6-7-15(18)13-10-22-23-11-13)24-19(25)17(21)8-12-4-2-3-5-16(12)20/h2-7,9-11,17H,8,21H2,1H3,(H,22,23)(H,24,25). The van der Waals surface area contributed by atoms with Crippen LogP contribution in [0.25, 0.3) is 11.1 Å². The second-order valence-electron chi connectivity index (χ2n) is 5.79. The SMILES string of the molecule is COc1cc(NC(=O)C(N)Cc2ccccc2Cl)ccc1-c1cn[nH]c1. The van der Waals surface area contributed by atoms with E-state index < -0.39 is 6.04 Å². The highest BCUT2D eigenvalue weighted by molar-refractivity contribution is 6.31. The highest BCUT2D eigenvalue weighted by Gasteiger charge is 2.17. The van der Waals surface area contributed by atoms with E-state index in [9.17, 15) is 4.79 Å². The third-order valence-corrected chi connectivity index (χ3v) is 4.38. The summed E-state index contributed by atoms with van der Waals surface area (Å²) in [6, 6.07) is 12.0. The van der Waals surface area contributed by atoms with Crippen LogP contribution in [0, 0.1) is 0 Å². The summed E-state index contributed by atoms with van der Waals surface area (Å²) < 4.78 is 5.42. The van der Waals surface area contributed by atoms with Gasteiger partial charge in [-0.2, -0.15) is 5.10 Å². The van der Waals surface area contributed by atoms with Crippen molar-refractivity contribution in [1.82, 2.24) is 10.2 Å². The summed E-state index contributed by atoms with van der Waals surface area (Å²) in [5.74, 6) is 0.340. The molecule has 0 aliphatic rings. The third kappa shape index (κ3) is 4.04. The maximum Gasteiger partial charge on any atom is 0.241 e. The maximum absolute atomic E-state index is 12.4. The summed E-state index contributed by atoms with van der Waals surface area (Å²) in [5, 5.41) is 10.1. The third-order valence-electron chi connectivity index (χ3n) is 4.01. The molecule has 1 heterocycles. The van der Waals surface area contributed by atoms with Gasteiger partial charge in [0.2, 0.25) is 5.91 Å². The lowest BCUT2D eigenvalue weighted by Crippen LogP contribution is -2.37. The average Bonchev–Trinajstić information content (AvgIpc) is 3.18. The van der Waals surface area contributed by atoms with E-state index in [1.807, 2.05) is 24.3 Å². The van der Waals surface area contributed by atoms with Gasteiger partial charge in [-0.05, 0) is 30.2 Å². The van der Waals surface area contributed by atoms with Crippen LogP contribution in [-0.2, 0) is 11.2 Å². The van der Waals surface area contributed by atoms with Gasteiger partial charge in [-0.25, -0.2) is 0 Å². The van der Waals surface area contributed by atoms with Crippen molar-refractivity contribution in [2.24, 2.45) is 5.73 Å². The van der Waals surface area contributed by atoms with Gasteiger partial charge < -0.3 is 15.8 Å². The number of nitrogens with zero attached hydrogens (tertiary/aromatic N) is 1. The lowest BCUT2D eigenvalue weighted by atomic mass is 10.1. The fraction of sp³-hybridized carbons (Fsp3) is 0.158. The van der Waals surface area contributed by atoms with Crippen molar-refractivity contribution in [2.75, 3.05) is 12.4 Å². The fourth-order valence-corrected chi connectivity index (χ4v) is 2.85. The predicted octanol–water partition coefficient (Wildman–Crippen LogP) is 3.25. The minimum absolute atomic E-state index is 0.289. The van der Waals surface area contributed by atoms with Gasteiger partial charge in [0.25, 0.3) is 0 Å². The van der Waals surface area contributed by atoms with Gasteiger partial charge in [0.1, 0.15) is 5.75 Å². The molecule has 3 aromatic rings. The molecular weight excluding hydrogens is 352 g/mol. The van der Waals surface area contributed by atoms with Gasteiger partial charge in [-0.1, -0.05) is 29.8 Å². The number of carbonyl (C=O) groups excluding carboxylic acids is 1. The molecule has 0 saturated heterocycles. The molecule has 1 aromatic heterocycles. The Morgan fingerprint density at radius 2 is 2.15 bits per heavy atom. The summed E-state index contributed by atoms with van der Waals surface area (Å²) >= 11 is 6.13. The lowest BCUT2D eigenvalue weighted by Gasteiger charge is -2.15. The highest BCUT2D eigenvalue weighted by atomic mass is 35.5. The van der Waals surface area contributed by atoms with Gasteiger partial charge in [0.15, 0.2) is 0 Å². The van der Waals surface area contributed by atoms with Crippen molar-refractivity contribution in [3.05, 3.63) is 65.4 Å². The number of hydrogen-bond acceptors (Lipinski definition) is 4. The molecule has 1 unspecified atom stereocenters. The van der Waals surface area contributed by atoms with Gasteiger partial charge >= 0.3 is 0 Å². The molecule has 2 aromatic carbocycles. The number of carbonyl (C=O) groups is 1. The minimum atomic E-state index is -0.713. The first-order valence-corrected chi connectivity index (χ1v) is 8.43. The summed E-state index contributed by atoms with van der Waals surface area (Å²) in [6.45, 7) is 0. The molecule has 7 heteroatoms. The van der Waals surface area contributed by atoms with Crippen LogP contribution in [-0.4, -0.2) is 29.3 Å². The quantitative estimate of drug-likeness (QED) is 0.621. The zero-order chi connectivity index (χ0) is 18.5. The minimum Gasteiger partial charge on any atom is -0.496 e. The van der Waals surface area contributed by atoms with Crippen LogP contribution in [0.1, 0.15) is 5.56 Å². The number of benzene rings is 2. The molecule has 3 rings (SSSR count). The molecule has 1 atom stereocenters. The maximum atomic E-state index is 12.4. The Bertz CT molecular complexity index is 896. The first-order valence-electron chi connectivity index (χ1n) is 8.05. The molecule has 1 amide bonds. The normalized spacial score (nSPS) is 11.8. The number of H-pyrrole nitrogens is 1. The number of methoxy groups -OCH3 is 1. The number of anilines is 1. The second kappa shape index (κ2) is 8.03. The number of nitrogens with two attached hydrogens (primary N) is 1. The van der Waals surface area contributed by atoms with E-state index >= 15 is 0 Å². The number of nitrogens with one attached hydrogen (secondary N) is 2. The van der Waals surface area contributed by atoms with E-state index in [4.69, 9.17) is 22.1 Å². The Labute approximate surface area is 156 Å². The van der Waals surface area contributed by atoms with Crippen molar-refractivity contribution >= 4 is 23.2 Å². The summed E-state index contributed by atoms with van der Waals surface area (Å²) in [4.78, 5) is 12.4. The van der Waals surface area contributed by atoms with E-state index in [-0.39, 0.29) is 5.91 Å². The number of aromatic nitrogens is 2. The number of halogens is 1.